The maximum absolute atomic E-state index is 11.0. The number of carboxylic acid groups (broad SMARTS) is 1. The van der Waals surface area contributed by atoms with Crippen LogP contribution < -0.4 is 9.47 Å². The van der Waals surface area contributed by atoms with Gasteiger partial charge < -0.3 is 14.6 Å². The molecule has 0 aliphatic carbocycles. The van der Waals surface area contributed by atoms with Gasteiger partial charge in [-0.1, -0.05) is 0 Å². The predicted molar refractivity (Wildman–Crippen MR) is 73.4 cm³/mol. The van der Waals surface area contributed by atoms with Gasteiger partial charge in [-0.3, -0.25) is 4.68 Å². The van der Waals surface area contributed by atoms with Crippen LogP contribution in [-0.4, -0.2) is 35.1 Å². The second-order valence-corrected chi connectivity index (χ2v) is 4.37. The Hall–Kier alpha value is -2.50. The lowest BCUT2D eigenvalue weighted by atomic mass is 10.1. The molecule has 0 aliphatic rings. The number of carbonyl (C=O) groups is 1. The van der Waals surface area contributed by atoms with Crippen LogP contribution in [0, 0.1) is 6.92 Å². The van der Waals surface area contributed by atoms with Crippen LogP contribution in [-0.2, 0) is 7.05 Å². The average Bonchev–Trinajstić information content (AvgIpc) is 2.80. The molecular formula is C14H16N2O4. The smallest absolute Gasteiger partial charge is 0.356 e. The maximum atomic E-state index is 11.0. The molecule has 0 unspecified atom stereocenters. The fraction of sp³-hybridized carbons (Fsp3) is 0.286. The lowest BCUT2D eigenvalue weighted by molar-refractivity contribution is 0.0689. The molecule has 0 amide bonds. The van der Waals surface area contributed by atoms with Gasteiger partial charge in [-0.2, -0.15) is 5.10 Å². The standard InChI is InChI=1S/C14H16N2O4/c1-8-5-13(20-4)9(6-12(8)19-3)11-7-10(14(17)18)15-16(11)2/h5-7H,1-4H3,(H,17,18). The van der Waals surface area contributed by atoms with Crippen LogP contribution in [0.2, 0.25) is 0 Å². The Balaban J connectivity index is 2.64. The molecule has 0 spiro atoms. The molecule has 0 aliphatic heterocycles. The van der Waals surface area contributed by atoms with Gasteiger partial charge in [0.15, 0.2) is 5.69 Å². The summed E-state index contributed by atoms with van der Waals surface area (Å²) in [4.78, 5) is 11.0. The van der Waals surface area contributed by atoms with Crippen molar-refractivity contribution in [3.05, 3.63) is 29.5 Å². The van der Waals surface area contributed by atoms with Gasteiger partial charge in [0.05, 0.1) is 19.9 Å². The Morgan fingerprint density at radius 2 is 1.85 bits per heavy atom. The van der Waals surface area contributed by atoms with Gasteiger partial charge in [-0.25, -0.2) is 4.79 Å². The molecule has 0 fully saturated rings. The molecule has 2 aromatic rings. The first kappa shape index (κ1) is 13.9. The Labute approximate surface area is 116 Å². The van der Waals surface area contributed by atoms with Crippen molar-refractivity contribution in [3.8, 4) is 22.8 Å². The first-order valence-electron chi connectivity index (χ1n) is 5.98. The molecular weight excluding hydrogens is 260 g/mol. The first-order chi connectivity index (χ1) is 9.47. The molecule has 0 bridgehead atoms. The third kappa shape index (κ3) is 2.32. The first-order valence-corrected chi connectivity index (χ1v) is 5.98. The van der Waals surface area contributed by atoms with E-state index in [0.29, 0.717) is 17.2 Å². The topological polar surface area (TPSA) is 73.6 Å². The molecule has 20 heavy (non-hydrogen) atoms. The zero-order valence-electron chi connectivity index (χ0n) is 11.8. The van der Waals surface area contributed by atoms with E-state index in [1.807, 2.05) is 19.1 Å². The molecule has 0 radical (unpaired) electrons. The summed E-state index contributed by atoms with van der Waals surface area (Å²) < 4.78 is 12.2. The van der Waals surface area contributed by atoms with E-state index in [1.54, 1.807) is 21.3 Å². The number of methoxy groups -OCH3 is 2. The van der Waals surface area contributed by atoms with Gasteiger partial charge >= 0.3 is 5.97 Å². The zero-order chi connectivity index (χ0) is 14.9. The lowest BCUT2D eigenvalue weighted by Crippen LogP contribution is -2.00. The normalized spacial score (nSPS) is 10.4. The maximum Gasteiger partial charge on any atom is 0.356 e. The molecule has 2 rings (SSSR count). The molecule has 6 heteroatoms. The number of nitrogens with zero attached hydrogens (tertiary/aromatic N) is 2. The Morgan fingerprint density at radius 3 is 2.35 bits per heavy atom. The highest BCUT2D eigenvalue weighted by Gasteiger charge is 2.17. The van der Waals surface area contributed by atoms with Crippen molar-refractivity contribution in [1.29, 1.82) is 0 Å². The molecule has 1 heterocycles. The van der Waals surface area contributed by atoms with Gasteiger partial charge in [0, 0.05) is 12.6 Å². The molecule has 1 aromatic heterocycles. The van der Waals surface area contributed by atoms with E-state index in [0.717, 1.165) is 11.1 Å². The number of aromatic carboxylic acids is 1. The minimum atomic E-state index is -1.06. The van der Waals surface area contributed by atoms with Crippen molar-refractivity contribution in [2.75, 3.05) is 14.2 Å². The highest BCUT2D eigenvalue weighted by Crippen LogP contribution is 2.35. The number of aromatic nitrogens is 2. The Bertz CT molecular complexity index is 661. The van der Waals surface area contributed by atoms with Crippen LogP contribution in [0.25, 0.3) is 11.3 Å². The lowest BCUT2D eigenvalue weighted by Gasteiger charge is -2.13. The molecule has 6 nitrogen and oxygen atoms in total. The van der Waals surface area contributed by atoms with E-state index in [4.69, 9.17) is 14.6 Å². The molecule has 106 valence electrons. The van der Waals surface area contributed by atoms with Crippen molar-refractivity contribution < 1.29 is 19.4 Å². The van der Waals surface area contributed by atoms with Crippen molar-refractivity contribution >= 4 is 5.97 Å². The van der Waals surface area contributed by atoms with E-state index in [-0.39, 0.29) is 5.69 Å². The summed E-state index contributed by atoms with van der Waals surface area (Å²) in [5, 5.41) is 13.0. The average molecular weight is 276 g/mol. The van der Waals surface area contributed by atoms with E-state index in [9.17, 15) is 4.79 Å². The highest BCUT2D eigenvalue weighted by molar-refractivity contribution is 5.87. The van der Waals surface area contributed by atoms with Crippen molar-refractivity contribution in [2.24, 2.45) is 7.05 Å². The number of carboxylic acids is 1. The summed E-state index contributed by atoms with van der Waals surface area (Å²) in [6.45, 7) is 1.91. The highest BCUT2D eigenvalue weighted by atomic mass is 16.5. The summed E-state index contributed by atoms with van der Waals surface area (Å²) in [5.41, 5.74) is 2.31. The Kier molecular flexibility index (Phi) is 3.65. The number of ether oxygens (including phenoxy) is 2. The molecule has 0 saturated carbocycles. The van der Waals surface area contributed by atoms with Crippen LogP contribution >= 0.6 is 0 Å². The van der Waals surface area contributed by atoms with Crippen LogP contribution in [0.4, 0.5) is 0 Å². The van der Waals surface area contributed by atoms with E-state index >= 15 is 0 Å². The number of hydrogen-bond donors (Lipinski definition) is 1. The van der Waals surface area contributed by atoms with Crippen LogP contribution in [0.1, 0.15) is 16.1 Å². The third-order valence-electron chi connectivity index (χ3n) is 3.09. The van der Waals surface area contributed by atoms with Gasteiger partial charge in [-0.05, 0) is 30.7 Å². The van der Waals surface area contributed by atoms with Gasteiger partial charge in [0.25, 0.3) is 0 Å². The number of benzene rings is 1. The molecule has 0 saturated heterocycles. The van der Waals surface area contributed by atoms with E-state index in [2.05, 4.69) is 5.10 Å². The number of hydrogen-bond acceptors (Lipinski definition) is 4. The summed E-state index contributed by atoms with van der Waals surface area (Å²) in [5.74, 6) is 0.284. The number of rotatable bonds is 4. The molecule has 0 atom stereocenters. The monoisotopic (exact) mass is 276 g/mol. The quantitative estimate of drug-likeness (QED) is 0.925. The Morgan fingerprint density at radius 1 is 1.20 bits per heavy atom. The second-order valence-electron chi connectivity index (χ2n) is 4.37. The minimum Gasteiger partial charge on any atom is -0.496 e. The number of aryl methyl sites for hydroxylation is 2. The van der Waals surface area contributed by atoms with Crippen molar-refractivity contribution in [2.45, 2.75) is 6.92 Å². The largest absolute Gasteiger partial charge is 0.496 e. The predicted octanol–water partition coefficient (Wildman–Crippen LogP) is 2.11. The van der Waals surface area contributed by atoms with Gasteiger partial charge in [0.1, 0.15) is 11.5 Å². The van der Waals surface area contributed by atoms with Gasteiger partial charge in [-0.15, -0.1) is 0 Å². The van der Waals surface area contributed by atoms with E-state index < -0.39 is 5.97 Å². The van der Waals surface area contributed by atoms with Crippen LogP contribution in [0.15, 0.2) is 18.2 Å². The van der Waals surface area contributed by atoms with Crippen molar-refractivity contribution in [1.82, 2.24) is 9.78 Å². The summed E-state index contributed by atoms with van der Waals surface area (Å²) >= 11 is 0. The van der Waals surface area contributed by atoms with Crippen molar-refractivity contribution in [3.63, 3.8) is 0 Å². The summed E-state index contributed by atoms with van der Waals surface area (Å²) in [6.07, 6.45) is 0. The summed E-state index contributed by atoms with van der Waals surface area (Å²) in [7, 11) is 4.84. The zero-order valence-corrected chi connectivity index (χ0v) is 11.8. The SMILES string of the molecule is COc1cc(-c2cc(C(=O)O)nn2C)c(OC)cc1C. The summed E-state index contributed by atoms with van der Waals surface area (Å²) in [6, 6.07) is 5.17. The third-order valence-corrected chi connectivity index (χ3v) is 3.09. The van der Waals surface area contributed by atoms with Crippen LogP contribution in [0.5, 0.6) is 11.5 Å². The fourth-order valence-electron chi connectivity index (χ4n) is 2.07. The second kappa shape index (κ2) is 5.24. The van der Waals surface area contributed by atoms with Gasteiger partial charge in [0.2, 0.25) is 0 Å². The molecule has 1 N–H and O–H groups in total. The fourth-order valence-corrected chi connectivity index (χ4v) is 2.07. The molecule has 1 aromatic carbocycles. The minimum absolute atomic E-state index is 0.0101. The van der Waals surface area contributed by atoms with E-state index in [1.165, 1.54) is 10.7 Å². The van der Waals surface area contributed by atoms with Crippen LogP contribution in [0.3, 0.4) is 0 Å².